The first kappa shape index (κ1) is 13.7. The molecule has 0 amide bonds. The van der Waals surface area contributed by atoms with Gasteiger partial charge in [-0.15, -0.1) is 0 Å². The first-order valence-corrected chi connectivity index (χ1v) is 6.34. The van der Waals surface area contributed by atoms with Gasteiger partial charge in [0, 0.05) is 7.11 Å². The Hall–Kier alpha value is -1.72. The fraction of sp³-hybridized carbons (Fsp3) is 0.429. The molecule has 1 N–H and O–H groups in total. The molecule has 0 unspecified atom stereocenters. The smallest absolute Gasteiger partial charge is 0.261 e. The van der Waals surface area contributed by atoms with Crippen LogP contribution in [-0.4, -0.2) is 30.3 Å². The molecule has 0 aliphatic rings. The Morgan fingerprint density at radius 3 is 2.84 bits per heavy atom. The quantitative estimate of drug-likeness (QED) is 0.882. The van der Waals surface area contributed by atoms with Crippen molar-refractivity contribution in [2.24, 2.45) is 0 Å². The highest BCUT2D eigenvalue weighted by atomic mass is 16.5. The SMILES string of the molecule is CN[C@H](C)c1nc2ccccc2c(=O)n1CCOC. The molecule has 5 nitrogen and oxygen atoms in total. The first-order valence-electron chi connectivity index (χ1n) is 6.34. The largest absolute Gasteiger partial charge is 0.383 e. The molecule has 1 heterocycles. The summed E-state index contributed by atoms with van der Waals surface area (Å²) in [6.45, 7) is 2.98. The van der Waals surface area contributed by atoms with Crippen molar-refractivity contribution in [3.05, 3.63) is 40.4 Å². The Labute approximate surface area is 112 Å². The van der Waals surface area contributed by atoms with E-state index in [2.05, 4.69) is 10.3 Å². The summed E-state index contributed by atoms with van der Waals surface area (Å²) in [5.41, 5.74) is 0.720. The van der Waals surface area contributed by atoms with Crippen molar-refractivity contribution in [2.75, 3.05) is 20.8 Å². The lowest BCUT2D eigenvalue weighted by Gasteiger charge is -2.17. The van der Waals surface area contributed by atoms with Crippen LogP contribution in [0.1, 0.15) is 18.8 Å². The molecule has 1 aromatic heterocycles. The van der Waals surface area contributed by atoms with E-state index < -0.39 is 0 Å². The van der Waals surface area contributed by atoms with Gasteiger partial charge >= 0.3 is 0 Å². The van der Waals surface area contributed by atoms with E-state index in [0.717, 1.165) is 11.3 Å². The van der Waals surface area contributed by atoms with Crippen LogP contribution in [0.25, 0.3) is 10.9 Å². The number of hydrogen-bond donors (Lipinski definition) is 1. The predicted octanol–water partition coefficient (Wildman–Crippen LogP) is 1.32. The lowest BCUT2D eigenvalue weighted by atomic mass is 10.2. The summed E-state index contributed by atoms with van der Waals surface area (Å²) in [6, 6.07) is 7.43. The maximum absolute atomic E-state index is 12.5. The molecule has 5 heteroatoms. The number of rotatable bonds is 5. The van der Waals surface area contributed by atoms with Crippen LogP contribution >= 0.6 is 0 Å². The van der Waals surface area contributed by atoms with Crippen LogP contribution in [0.2, 0.25) is 0 Å². The lowest BCUT2D eigenvalue weighted by molar-refractivity contribution is 0.184. The highest BCUT2D eigenvalue weighted by molar-refractivity contribution is 5.77. The van der Waals surface area contributed by atoms with Crippen molar-refractivity contribution in [3.63, 3.8) is 0 Å². The summed E-state index contributed by atoms with van der Waals surface area (Å²) in [4.78, 5) is 17.1. The molecule has 0 saturated heterocycles. The second kappa shape index (κ2) is 5.95. The van der Waals surface area contributed by atoms with Crippen molar-refractivity contribution in [3.8, 4) is 0 Å². The number of nitrogens with one attached hydrogen (secondary N) is 1. The van der Waals surface area contributed by atoms with Crippen molar-refractivity contribution in [2.45, 2.75) is 19.5 Å². The van der Waals surface area contributed by atoms with Gasteiger partial charge < -0.3 is 10.1 Å². The fourth-order valence-corrected chi connectivity index (χ4v) is 2.04. The average Bonchev–Trinajstić information content (AvgIpc) is 2.45. The topological polar surface area (TPSA) is 56.2 Å². The zero-order valence-electron chi connectivity index (χ0n) is 11.5. The summed E-state index contributed by atoms with van der Waals surface area (Å²) >= 11 is 0. The van der Waals surface area contributed by atoms with Crippen LogP contribution in [0.15, 0.2) is 29.1 Å². The van der Waals surface area contributed by atoms with Gasteiger partial charge in [0.2, 0.25) is 0 Å². The number of nitrogens with zero attached hydrogens (tertiary/aromatic N) is 2. The van der Waals surface area contributed by atoms with E-state index in [4.69, 9.17) is 4.74 Å². The second-order valence-corrected chi connectivity index (χ2v) is 4.45. The summed E-state index contributed by atoms with van der Waals surface area (Å²) in [7, 11) is 3.48. The number of fused-ring (bicyclic) bond motifs is 1. The highest BCUT2D eigenvalue weighted by Gasteiger charge is 2.14. The normalized spacial score (nSPS) is 12.8. The molecule has 0 aliphatic carbocycles. The molecular formula is C14H19N3O2. The van der Waals surface area contributed by atoms with E-state index in [9.17, 15) is 4.79 Å². The molecule has 1 atom stereocenters. The first-order chi connectivity index (χ1) is 9.19. The zero-order valence-corrected chi connectivity index (χ0v) is 11.5. The van der Waals surface area contributed by atoms with Gasteiger partial charge in [-0.3, -0.25) is 9.36 Å². The standard InChI is InChI=1S/C14H19N3O2/c1-10(15-2)13-16-12-7-5-4-6-11(12)14(18)17(13)8-9-19-3/h4-7,10,15H,8-9H2,1-3H3/t10-/m1/s1. The van der Waals surface area contributed by atoms with Crippen LogP contribution in [0, 0.1) is 0 Å². The highest BCUT2D eigenvalue weighted by Crippen LogP contribution is 2.13. The van der Waals surface area contributed by atoms with E-state index >= 15 is 0 Å². The molecule has 0 radical (unpaired) electrons. The molecule has 102 valence electrons. The maximum Gasteiger partial charge on any atom is 0.261 e. The zero-order chi connectivity index (χ0) is 13.8. The number of benzene rings is 1. The van der Waals surface area contributed by atoms with E-state index in [1.54, 1.807) is 11.7 Å². The Morgan fingerprint density at radius 2 is 2.16 bits per heavy atom. The average molecular weight is 261 g/mol. The molecular weight excluding hydrogens is 242 g/mol. The lowest BCUT2D eigenvalue weighted by Crippen LogP contribution is -2.31. The molecule has 2 aromatic rings. The number of aromatic nitrogens is 2. The van der Waals surface area contributed by atoms with Gasteiger partial charge in [0.1, 0.15) is 5.82 Å². The van der Waals surface area contributed by atoms with Crippen molar-refractivity contribution in [1.82, 2.24) is 14.9 Å². The van der Waals surface area contributed by atoms with Crippen molar-refractivity contribution < 1.29 is 4.74 Å². The molecule has 0 bridgehead atoms. The minimum Gasteiger partial charge on any atom is -0.383 e. The number of methoxy groups -OCH3 is 1. The number of hydrogen-bond acceptors (Lipinski definition) is 4. The molecule has 0 spiro atoms. The van der Waals surface area contributed by atoms with Crippen LogP contribution in [0.3, 0.4) is 0 Å². The minimum absolute atomic E-state index is 0.00848. The van der Waals surface area contributed by atoms with E-state index in [1.165, 1.54) is 0 Å². The summed E-state index contributed by atoms with van der Waals surface area (Å²) in [6.07, 6.45) is 0. The molecule has 19 heavy (non-hydrogen) atoms. The van der Waals surface area contributed by atoms with Crippen LogP contribution in [0.4, 0.5) is 0 Å². The molecule has 0 saturated carbocycles. The third-order valence-corrected chi connectivity index (χ3v) is 3.23. The van der Waals surface area contributed by atoms with Gasteiger partial charge in [-0.05, 0) is 26.1 Å². The third-order valence-electron chi connectivity index (χ3n) is 3.23. The Kier molecular flexibility index (Phi) is 4.29. The third kappa shape index (κ3) is 2.67. The van der Waals surface area contributed by atoms with Gasteiger partial charge in [0.25, 0.3) is 5.56 Å². The Morgan fingerprint density at radius 1 is 1.42 bits per heavy atom. The maximum atomic E-state index is 12.5. The summed E-state index contributed by atoms with van der Waals surface area (Å²) in [5.74, 6) is 0.739. The Balaban J connectivity index is 2.65. The molecule has 2 rings (SSSR count). The summed E-state index contributed by atoms with van der Waals surface area (Å²) in [5, 5.41) is 3.77. The number of ether oxygens (including phenoxy) is 1. The molecule has 1 aromatic carbocycles. The minimum atomic E-state index is -0.0141. The van der Waals surface area contributed by atoms with Crippen LogP contribution in [-0.2, 0) is 11.3 Å². The fourth-order valence-electron chi connectivity index (χ4n) is 2.04. The monoisotopic (exact) mass is 261 g/mol. The van der Waals surface area contributed by atoms with Crippen LogP contribution < -0.4 is 10.9 Å². The molecule has 0 aliphatic heterocycles. The van der Waals surface area contributed by atoms with Gasteiger partial charge in [-0.1, -0.05) is 12.1 Å². The van der Waals surface area contributed by atoms with E-state index in [-0.39, 0.29) is 11.6 Å². The molecule has 0 fully saturated rings. The van der Waals surface area contributed by atoms with Crippen molar-refractivity contribution >= 4 is 10.9 Å². The Bertz CT molecular complexity index is 622. The van der Waals surface area contributed by atoms with Gasteiger partial charge in [-0.2, -0.15) is 0 Å². The van der Waals surface area contributed by atoms with Gasteiger partial charge in [0.15, 0.2) is 0 Å². The predicted molar refractivity (Wildman–Crippen MR) is 75.4 cm³/mol. The van der Waals surface area contributed by atoms with Crippen LogP contribution in [0.5, 0.6) is 0 Å². The van der Waals surface area contributed by atoms with E-state index in [0.29, 0.717) is 18.5 Å². The van der Waals surface area contributed by atoms with Crippen molar-refractivity contribution in [1.29, 1.82) is 0 Å². The second-order valence-electron chi connectivity index (χ2n) is 4.45. The van der Waals surface area contributed by atoms with E-state index in [1.807, 2.05) is 38.2 Å². The summed E-state index contributed by atoms with van der Waals surface area (Å²) < 4.78 is 6.76. The van der Waals surface area contributed by atoms with Gasteiger partial charge in [0.05, 0.1) is 30.1 Å². The van der Waals surface area contributed by atoms with Gasteiger partial charge in [-0.25, -0.2) is 4.98 Å². The number of para-hydroxylation sites is 1.